The number of hydrogen-bond acceptors (Lipinski definition) is 5. The molecule has 1 aromatic rings. The van der Waals surface area contributed by atoms with Gasteiger partial charge >= 0.3 is 10.3 Å². The van der Waals surface area contributed by atoms with Crippen LogP contribution < -0.4 is 5.32 Å². The van der Waals surface area contributed by atoms with Gasteiger partial charge in [0, 0.05) is 47.9 Å². The van der Waals surface area contributed by atoms with Crippen molar-refractivity contribution in [2.45, 2.75) is 18.5 Å². The fourth-order valence-corrected chi connectivity index (χ4v) is 4.16. The Balaban J connectivity index is 0.00000280. The van der Waals surface area contributed by atoms with E-state index in [1.165, 1.54) is 11.0 Å². The van der Waals surface area contributed by atoms with Gasteiger partial charge in [-0.3, -0.25) is 18.9 Å². The second-order valence-corrected chi connectivity index (χ2v) is 7.64. The molecule has 0 unspecified atom stereocenters. The first-order valence-electron chi connectivity index (χ1n) is 7.97. The van der Waals surface area contributed by atoms with Crippen molar-refractivity contribution >= 4 is 80.9 Å². The molecule has 0 bridgehead atoms. The molecule has 2 fully saturated rings. The predicted octanol–water partition coefficient (Wildman–Crippen LogP) is 0.111. The van der Waals surface area contributed by atoms with Crippen molar-refractivity contribution in [1.82, 2.24) is 9.21 Å². The third-order valence-electron chi connectivity index (χ3n) is 4.40. The Morgan fingerprint density at radius 3 is 2.50 bits per heavy atom. The van der Waals surface area contributed by atoms with Crippen molar-refractivity contribution in [1.29, 1.82) is 0 Å². The van der Waals surface area contributed by atoms with E-state index < -0.39 is 34.2 Å². The number of rotatable bonds is 5. The van der Waals surface area contributed by atoms with Crippen LogP contribution in [-0.4, -0.2) is 94.0 Å². The second kappa shape index (κ2) is 8.93. The molecule has 1 radical (unpaired) electrons. The smallest absolute Gasteiger partial charge is 0.325 e. The number of carbonyl (C=O) groups excluding carboxylic acids is 3. The zero-order valence-corrected chi connectivity index (χ0v) is 18.5. The van der Waals surface area contributed by atoms with Gasteiger partial charge in [0.15, 0.2) is 0 Å². The summed E-state index contributed by atoms with van der Waals surface area (Å²) in [5.74, 6) is -1.71. The number of alkyl halides is 1. The second-order valence-electron chi connectivity index (χ2n) is 6.08. The standard InChI is InChI=1S/C16H16ClN3O6S.Na/c17-9-13(21)18-11-4-1-10(2-5-11)3-6-14(22)19-8-7-12-15(19)16(23)20(12)27(24,25)26;/h1-6,12,15H,7-9H2,(H,18,21)(H,24,25,26);/t12-,15+;/m1./s1. The molecule has 0 aliphatic carbocycles. The van der Waals surface area contributed by atoms with Crippen LogP contribution in [0.3, 0.4) is 0 Å². The molecule has 9 nitrogen and oxygen atoms in total. The Kier molecular flexibility index (Phi) is 7.29. The molecule has 3 rings (SSSR count). The van der Waals surface area contributed by atoms with Crippen LogP contribution in [-0.2, 0) is 24.7 Å². The van der Waals surface area contributed by atoms with Crippen LogP contribution in [0, 0.1) is 0 Å². The zero-order valence-electron chi connectivity index (χ0n) is 14.9. The number of benzene rings is 1. The van der Waals surface area contributed by atoms with Gasteiger partial charge in [0.1, 0.15) is 11.9 Å². The van der Waals surface area contributed by atoms with Crippen LogP contribution in [0.1, 0.15) is 12.0 Å². The molecule has 145 valence electrons. The Bertz CT molecular complexity index is 921. The summed E-state index contributed by atoms with van der Waals surface area (Å²) in [6.45, 7) is 0.222. The van der Waals surface area contributed by atoms with Crippen molar-refractivity contribution in [3.63, 3.8) is 0 Å². The minimum absolute atomic E-state index is 0. The number of nitrogens with one attached hydrogen (secondary N) is 1. The van der Waals surface area contributed by atoms with E-state index in [0.717, 1.165) is 0 Å². The fraction of sp³-hybridized carbons (Fsp3) is 0.312. The summed E-state index contributed by atoms with van der Waals surface area (Å²) in [5.41, 5.74) is 1.26. The van der Waals surface area contributed by atoms with E-state index in [2.05, 4.69) is 5.32 Å². The van der Waals surface area contributed by atoms with Crippen LogP contribution >= 0.6 is 11.6 Å². The molecule has 2 saturated heterocycles. The molecule has 12 heteroatoms. The van der Waals surface area contributed by atoms with Crippen LogP contribution in [0.15, 0.2) is 30.3 Å². The SMILES string of the molecule is O=C(CCl)Nc1ccc(C=CC(=O)N2CC[C@@H]3[C@H]2C(=O)N3S(=O)(=O)O)cc1.[Na]. The van der Waals surface area contributed by atoms with Gasteiger partial charge in [-0.2, -0.15) is 8.42 Å². The Hall–Kier alpha value is -1.43. The van der Waals surface area contributed by atoms with Gasteiger partial charge in [0.25, 0.3) is 5.91 Å². The number of carbonyl (C=O) groups is 3. The van der Waals surface area contributed by atoms with Gasteiger partial charge in [-0.1, -0.05) is 12.1 Å². The molecule has 2 heterocycles. The molecule has 2 N–H and O–H groups in total. The summed E-state index contributed by atoms with van der Waals surface area (Å²) in [6, 6.07) is 5.11. The normalized spacial score (nSPS) is 21.1. The van der Waals surface area contributed by atoms with E-state index in [-0.39, 0.29) is 54.3 Å². The molecule has 2 aliphatic rings. The van der Waals surface area contributed by atoms with Gasteiger partial charge in [0.2, 0.25) is 11.8 Å². The number of amides is 3. The molecule has 0 spiro atoms. The first kappa shape index (κ1) is 22.9. The third-order valence-corrected chi connectivity index (χ3v) is 5.59. The van der Waals surface area contributed by atoms with E-state index in [9.17, 15) is 22.8 Å². The first-order chi connectivity index (χ1) is 12.7. The Labute approximate surface area is 188 Å². The molecule has 28 heavy (non-hydrogen) atoms. The summed E-state index contributed by atoms with van der Waals surface area (Å²) in [6.07, 6.45) is 3.12. The number of hydrogen-bond donors (Lipinski definition) is 2. The van der Waals surface area contributed by atoms with Crippen LogP contribution in [0.4, 0.5) is 5.69 Å². The number of nitrogens with zero attached hydrogens (tertiary/aromatic N) is 2. The predicted molar refractivity (Wildman–Crippen MR) is 103 cm³/mol. The molecule has 2 atom stereocenters. The number of fused-ring (bicyclic) bond motifs is 1. The van der Waals surface area contributed by atoms with Crippen molar-refractivity contribution in [3.8, 4) is 0 Å². The Morgan fingerprint density at radius 1 is 1.29 bits per heavy atom. The monoisotopic (exact) mass is 436 g/mol. The maximum atomic E-state index is 12.3. The molecule has 2 aliphatic heterocycles. The molecule has 0 saturated carbocycles. The van der Waals surface area contributed by atoms with Crippen molar-refractivity contribution in [2.75, 3.05) is 17.7 Å². The zero-order chi connectivity index (χ0) is 19.8. The Morgan fingerprint density at radius 2 is 1.93 bits per heavy atom. The van der Waals surface area contributed by atoms with Crippen molar-refractivity contribution < 1.29 is 27.4 Å². The average Bonchev–Trinajstić information content (AvgIpc) is 2.98. The minimum Gasteiger partial charge on any atom is -0.325 e. The van der Waals surface area contributed by atoms with Gasteiger partial charge in [-0.25, -0.2) is 4.31 Å². The van der Waals surface area contributed by atoms with Gasteiger partial charge in [-0.15, -0.1) is 11.6 Å². The van der Waals surface area contributed by atoms with Crippen LogP contribution in [0.5, 0.6) is 0 Å². The summed E-state index contributed by atoms with van der Waals surface area (Å²) in [7, 11) is -4.60. The largest absolute Gasteiger partial charge is 0.362 e. The summed E-state index contributed by atoms with van der Waals surface area (Å²) in [4.78, 5) is 36.8. The average molecular weight is 437 g/mol. The maximum absolute atomic E-state index is 12.3. The van der Waals surface area contributed by atoms with Gasteiger partial charge in [0.05, 0.1) is 6.04 Å². The maximum Gasteiger partial charge on any atom is 0.362 e. The summed E-state index contributed by atoms with van der Waals surface area (Å²) in [5, 5.41) is 2.59. The van der Waals surface area contributed by atoms with E-state index in [1.807, 2.05) is 0 Å². The third kappa shape index (κ3) is 4.58. The number of halogens is 1. The van der Waals surface area contributed by atoms with Crippen molar-refractivity contribution in [2.24, 2.45) is 0 Å². The topological polar surface area (TPSA) is 124 Å². The minimum atomic E-state index is -4.60. The first-order valence-corrected chi connectivity index (χ1v) is 9.91. The molecule has 0 aromatic heterocycles. The van der Waals surface area contributed by atoms with E-state index in [0.29, 0.717) is 15.6 Å². The molecular formula is C16H16ClN3NaO6S. The van der Waals surface area contributed by atoms with E-state index in [1.54, 1.807) is 30.3 Å². The van der Waals surface area contributed by atoms with Crippen LogP contribution in [0.25, 0.3) is 6.08 Å². The number of anilines is 1. The summed E-state index contributed by atoms with van der Waals surface area (Å²) >= 11 is 5.41. The molecule has 3 amide bonds. The van der Waals surface area contributed by atoms with E-state index >= 15 is 0 Å². The summed E-state index contributed by atoms with van der Waals surface area (Å²) < 4.78 is 31.8. The fourth-order valence-electron chi connectivity index (χ4n) is 3.20. The van der Waals surface area contributed by atoms with E-state index in [4.69, 9.17) is 16.2 Å². The number of likely N-dealkylation sites (tertiary alicyclic amines) is 1. The quantitative estimate of drug-likeness (QED) is 0.222. The van der Waals surface area contributed by atoms with Crippen molar-refractivity contribution in [3.05, 3.63) is 35.9 Å². The molecular weight excluding hydrogens is 421 g/mol. The van der Waals surface area contributed by atoms with Gasteiger partial charge < -0.3 is 10.2 Å². The van der Waals surface area contributed by atoms with Gasteiger partial charge in [-0.05, 0) is 30.2 Å². The molecule has 1 aromatic carbocycles. The van der Waals surface area contributed by atoms with Crippen LogP contribution in [0.2, 0.25) is 0 Å². The number of β-lactam (4-membered cyclic amide) rings is 1.